The molecule has 3 rings (SSSR count). The molecule has 0 bridgehead atoms. The number of carbonyl (C=O) groups excluding carboxylic acids is 2. The molecule has 28 heavy (non-hydrogen) atoms. The van der Waals surface area contributed by atoms with Crippen molar-refractivity contribution in [3.05, 3.63) is 46.6 Å². The van der Waals surface area contributed by atoms with Gasteiger partial charge in [0.2, 0.25) is 5.91 Å². The topological polar surface area (TPSA) is 115 Å². The van der Waals surface area contributed by atoms with E-state index < -0.39 is 11.8 Å². The molecule has 1 aromatic carbocycles. The summed E-state index contributed by atoms with van der Waals surface area (Å²) >= 11 is 1.49. The Bertz CT molecular complexity index is 973. The first-order valence-electron chi connectivity index (χ1n) is 8.63. The Hall–Kier alpha value is -3.22. The number of aromatic nitrogens is 1. The van der Waals surface area contributed by atoms with Gasteiger partial charge in [0.1, 0.15) is 11.6 Å². The number of nitrogens with two attached hydrogens (primary N) is 1. The van der Waals surface area contributed by atoms with E-state index in [1.54, 1.807) is 24.3 Å². The number of nitrogens with zero attached hydrogens (tertiary/aromatic N) is 4. The van der Waals surface area contributed by atoms with Gasteiger partial charge in [-0.25, -0.2) is 9.88 Å². The molecule has 0 atom stereocenters. The number of thiazole rings is 1. The molecule has 2 heterocycles. The number of imide groups is 1. The van der Waals surface area contributed by atoms with Gasteiger partial charge in [-0.3, -0.25) is 9.59 Å². The number of fused-ring (bicyclic) bond motifs is 1. The maximum Gasteiger partial charge on any atom is 0.277 e. The minimum atomic E-state index is -0.715. The molecule has 3 N–H and O–H groups in total. The second-order valence-electron chi connectivity index (χ2n) is 6.44. The lowest BCUT2D eigenvalue weighted by Crippen LogP contribution is -2.36. The van der Waals surface area contributed by atoms with Crippen LogP contribution in [0.5, 0.6) is 0 Å². The molecule has 2 aromatic rings. The number of hydrogen-bond donors (Lipinski definition) is 2. The molecule has 0 radical (unpaired) electrons. The summed E-state index contributed by atoms with van der Waals surface area (Å²) < 4.78 is 0. The Kier molecular flexibility index (Phi) is 5.73. The average Bonchev–Trinajstić information content (AvgIpc) is 3.05. The molecule has 0 aliphatic carbocycles. The van der Waals surface area contributed by atoms with E-state index in [9.17, 15) is 14.9 Å². The fourth-order valence-corrected chi connectivity index (χ4v) is 3.90. The van der Waals surface area contributed by atoms with E-state index in [1.807, 2.05) is 6.07 Å². The minimum Gasteiger partial charge on any atom is -0.399 e. The zero-order valence-electron chi connectivity index (χ0n) is 15.6. The number of anilines is 3. The van der Waals surface area contributed by atoms with Crippen molar-refractivity contribution in [3.8, 4) is 6.07 Å². The Balaban J connectivity index is 1.81. The largest absolute Gasteiger partial charge is 0.399 e. The first-order valence-corrected chi connectivity index (χ1v) is 9.45. The fraction of sp³-hybridized carbons (Fsp3) is 0.263. The van der Waals surface area contributed by atoms with Crippen LogP contribution in [0.4, 0.5) is 16.5 Å². The van der Waals surface area contributed by atoms with Crippen LogP contribution in [0, 0.1) is 11.3 Å². The van der Waals surface area contributed by atoms with Gasteiger partial charge in [-0.1, -0.05) is 0 Å². The number of amides is 2. The van der Waals surface area contributed by atoms with Crippen LogP contribution in [-0.4, -0.2) is 35.3 Å². The van der Waals surface area contributed by atoms with Crippen LogP contribution in [0.3, 0.4) is 0 Å². The Labute approximate surface area is 166 Å². The van der Waals surface area contributed by atoms with Crippen LogP contribution < -0.4 is 16.0 Å². The van der Waals surface area contributed by atoms with Gasteiger partial charge in [-0.15, -0.1) is 11.3 Å². The van der Waals surface area contributed by atoms with E-state index in [0.29, 0.717) is 16.5 Å². The highest BCUT2D eigenvalue weighted by Crippen LogP contribution is 2.28. The molecule has 0 saturated heterocycles. The lowest BCUT2D eigenvalue weighted by atomic mass is 10.2. The van der Waals surface area contributed by atoms with Gasteiger partial charge >= 0.3 is 0 Å². The molecule has 0 saturated carbocycles. The van der Waals surface area contributed by atoms with Crippen LogP contribution in [0.25, 0.3) is 0 Å². The molecule has 0 spiro atoms. The predicted molar refractivity (Wildman–Crippen MR) is 108 cm³/mol. The van der Waals surface area contributed by atoms with Crippen LogP contribution >= 0.6 is 11.3 Å². The van der Waals surface area contributed by atoms with Gasteiger partial charge in [-0.05, 0) is 31.3 Å². The molecule has 1 aliphatic heterocycles. The van der Waals surface area contributed by atoms with Crippen LogP contribution in [0.15, 0.2) is 36.0 Å². The molecular formula is C19H20N6O2S. The van der Waals surface area contributed by atoms with Crippen molar-refractivity contribution in [2.75, 3.05) is 29.5 Å². The van der Waals surface area contributed by atoms with Crippen molar-refractivity contribution in [2.24, 2.45) is 0 Å². The molecule has 144 valence electrons. The maximum absolute atomic E-state index is 12.8. The third-order valence-corrected chi connectivity index (χ3v) is 5.30. The number of carbonyl (C=O) groups is 2. The quantitative estimate of drug-likeness (QED) is 0.462. The van der Waals surface area contributed by atoms with Crippen LogP contribution in [0.1, 0.15) is 17.5 Å². The van der Waals surface area contributed by atoms with Gasteiger partial charge < -0.3 is 16.0 Å². The second kappa shape index (κ2) is 8.21. The first kappa shape index (κ1) is 19.5. The van der Waals surface area contributed by atoms with Crippen molar-refractivity contribution < 1.29 is 9.59 Å². The van der Waals surface area contributed by atoms with Crippen molar-refractivity contribution in [3.63, 3.8) is 0 Å². The summed E-state index contributed by atoms with van der Waals surface area (Å²) in [6.07, 6.45) is 2.16. The zero-order chi connectivity index (χ0) is 20.3. The molecule has 8 nitrogen and oxygen atoms in total. The van der Waals surface area contributed by atoms with E-state index in [1.165, 1.54) is 29.3 Å². The third-order valence-electron chi connectivity index (χ3n) is 4.28. The number of nitrogen functional groups attached to an aromatic ring is 1. The Morgan fingerprint density at radius 3 is 2.75 bits per heavy atom. The van der Waals surface area contributed by atoms with Gasteiger partial charge in [0, 0.05) is 43.2 Å². The third kappa shape index (κ3) is 4.19. The van der Waals surface area contributed by atoms with Crippen molar-refractivity contribution in [1.29, 1.82) is 5.26 Å². The lowest BCUT2D eigenvalue weighted by Gasteiger charge is -2.20. The van der Waals surface area contributed by atoms with E-state index in [2.05, 4.69) is 22.2 Å². The maximum atomic E-state index is 12.8. The molecule has 2 amide bonds. The van der Waals surface area contributed by atoms with E-state index in [4.69, 9.17) is 5.73 Å². The van der Waals surface area contributed by atoms with Gasteiger partial charge in [0.05, 0.1) is 11.4 Å². The summed E-state index contributed by atoms with van der Waals surface area (Å²) in [4.78, 5) is 33.7. The van der Waals surface area contributed by atoms with Crippen molar-refractivity contribution in [2.45, 2.75) is 19.9 Å². The number of nitriles is 1. The summed E-state index contributed by atoms with van der Waals surface area (Å²) in [5, 5.41) is 13.0. The monoisotopic (exact) mass is 396 g/mol. The highest BCUT2D eigenvalue weighted by Gasteiger charge is 2.24. The summed E-state index contributed by atoms with van der Waals surface area (Å²) in [6, 6.07) is 8.15. The SMILES string of the molecule is CC(=O)N(C(=O)/C(C#N)=C\Nc1nc2c(s1)CN(C)CC2)c1ccc(N)cc1. The van der Waals surface area contributed by atoms with Gasteiger partial charge in [0.25, 0.3) is 5.91 Å². The van der Waals surface area contributed by atoms with Gasteiger partial charge in [0.15, 0.2) is 5.13 Å². The standard InChI is InChI=1S/C19H20N6O2S/c1-12(26)25(15-5-3-14(21)4-6-15)18(27)13(9-20)10-22-19-23-16-7-8-24(2)11-17(16)28-19/h3-6,10H,7-8,11,21H2,1-2H3,(H,22,23)/b13-10-. The van der Waals surface area contributed by atoms with Crippen LogP contribution in [-0.2, 0) is 22.6 Å². The summed E-state index contributed by atoms with van der Waals surface area (Å²) in [5.41, 5.74) is 7.36. The number of benzene rings is 1. The van der Waals surface area contributed by atoms with Gasteiger partial charge in [-0.2, -0.15) is 5.26 Å². The summed E-state index contributed by atoms with van der Waals surface area (Å²) in [5.74, 6) is -1.21. The number of likely N-dealkylation sites (N-methyl/N-ethyl adjacent to an activating group) is 1. The Morgan fingerprint density at radius 1 is 1.39 bits per heavy atom. The number of rotatable bonds is 4. The van der Waals surface area contributed by atoms with Crippen molar-refractivity contribution in [1.82, 2.24) is 9.88 Å². The molecular weight excluding hydrogens is 376 g/mol. The summed E-state index contributed by atoms with van der Waals surface area (Å²) in [6.45, 7) is 3.04. The molecule has 0 fully saturated rings. The van der Waals surface area contributed by atoms with E-state index >= 15 is 0 Å². The highest BCUT2D eigenvalue weighted by atomic mass is 32.1. The van der Waals surface area contributed by atoms with Crippen LogP contribution in [0.2, 0.25) is 0 Å². The normalized spacial score (nSPS) is 14.1. The smallest absolute Gasteiger partial charge is 0.277 e. The molecule has 1 aliphatic rings. The van der Waals surface area contributed by atoms with E-state index in [-0.39, 0.29) is 5.57 Å². The molecule has 9 heteroatoms. The lowest BCUT2D eigenvalue weighted by molar-refractivity contribution is -0.123. The van der Waals surface area contributed by atoms with E-state index in [0.717, 1.165) is 30.1 Å². The fourth-order valence-electron chi connectivity index (χ4n) is 2.85. The molecule has 0 unspecified atom stereocenters. The Morgan fingerprint density at radius 2 is 2.11 bits per heavy atom. The number of nitrogens with one attached hydrogen (secondary N) is 1. The minimum absolute atomic E-state index is 0.197. The molecule has 1 aromatic heterocycles. The predicted octanol–water partition coefficient (Wildman–Crippen LogP) is 2.11. The highest BCUT2D eigenvalue weighted by molar-refractivity contribution is 7.15. The zero-order valence-corrected chi connectivity index (χ0v) is 16.4. The summed E-state index contributed by atoms with van der Waals surface area (Å²) in [7, 11) is 2.05. The number of hydrogen-bond acceptors (Lipinski definition) is 8. The average molecular weight is 396 g/mol. The van der Waals surface area contributed by atoms with Crippen molar-refractivity contribution >= 4 is 39.7 Å². The first-order chi connectivity index (χ1) is 13.4. The second-order valence-corrected chi connectivity index (χ2v) is 7.53.